The van der Waals surface area contributed by atoms with Crippen LogP contribution in [0.25, 0.3) is 98.8 Å². The number of benzene rings is 10. The highest BCUT2D eigenvalue weighted by Gasteiger charge is 2.23. The topological polar surface area (TPSA) is 16.4 Å². The maximum absolute atomic E-state index is 6.43. The maximum Gasteiger partial charge on any atom is 0.143 e. The molecule has 12 rings (SSSR count). The van der Waals surface area contributed by atoms with Gasteiger partial charge in [0.05, 0.1) is 0 Å². The summed E-state index contributed by atoms with van der Waals surface area (Å²) in [6.07, 6.45) is 0. The van der Waals surface area contributed by atoms with E-state index in [9.17, 15) is 0 Å². The van der Waals surface area contributed by atoms with Gasteiger partial charge in [-0.2, -0.15) is 0 Å². The first kappa shape index (κ1) is 31.0. The van der Waals surface area contributed by atoms with E-state index in [1.807, 2.05) is 12.1 Å². The van der Waals surface area contributed by atoms with E-state index in [-0.39, 0.29) is 0 Å². The van der Waals surface area contributed by atoms with E-state index < -0.39 is 0 Å². The lowest BCUT2D eigenvalue weighted by atomic mass is 9.97. The van der Waals surface area contributed by atoms with E-state index in [0.717, 1.165) is 50.1 Å². The highest BCUT2D eigenvalue weighted by Crippen LogP contribution is 2.50. The molecule has 1 aliphatic rings. The number of rotatable bonds is 5. The maximum atomic E-state index is 6.43. The van der Waals surface area contributed by atoms with Crippen molar-refractivity contribution in [1.29, 1.82) is 0 Å². The van der Waals surface area contributed by atoms with Gasteiger partial charge in [-0.1, -0.05) is 152 Å². The number of hydrogen-bond donors (Lipinski definition) is 0. The Morgan fingerprint density at radius 2 is 0.875 bits per heavy atom. The predicted molar refractivity (Wildman–Crippen MR) is 236 cm³/mol. The molecule has 0 spiro atoms. The van der Waals surface area contributed by atoms with Crippen molar-refractivity contribution in [2.75, 3.05) is 4.90 Å². The standard InChI is InChI=1S/C54H33NO/c1-2-11-43-35(8-1)18-19-37-20-21-39(32-50(37)43)34-22-26-40(27-23-34)55(42-30-31-45-47-14-5-9-38-10-6-15-48(53(38)47)51(45)33-42)41-28-24-36(25-29-41)44-13-7-16-49-46-12-3-4-17-52(46)56-54(44)49/h1-33H. The fourth-order valence-corrected chi connectivity index (χ4v) is 9.12. The van der Waals surface area contributed by atoms with Crippen LogP contribution in [0, 0.1) is 0 Å². The van der Waals surface area contributed by atoms with Crippen molar-refractivity contribution >= 4 is 71.3 Å². The second kappa shape index (κ2) is 12.0. The van der Waals surface area contributed by atoms with E-state index in [1.165, 1.54) is 65.7 Å². The number of para-hydroxylation sites is 2. The molecule has 56 heavy (non-hydrogen) atoms. The number of furan rings is 1. The van der Waals surface area contributed by atoms with E-state index in [2.05, 4.69) is 193 Å². The molecule has 10 aromatic carbocycles. The Morgan fingerprint density at radius 3 is 1.68 bits per heavy atom. The van der Waals surface area contributed by atoms with Crippen molar-refractivity contribution in [3.05, 3.63) is 200 Å². The quantitative estimate of drug-likeness (QED) is 0.165. The van der Waals surface area contributed by atoms with E-state index >= 15 is 0 Å². The van der Waals surface area contributed by atoms with Crippen molar-refractivity contribution in [3.8, 4) is 44.5 Å². The summed E-state index contributed by atoms with van der Waals surface area (Å²) in [6.45, 7) is 0. The zero-order chi connectivity index (χ0) is 36.7. The second-order valence-electron chi connectivity index (χ2n) is 14.9. The third-order valence-corrected chi connectivity index (χ3v) is 11.8. The van der Waals surface area contributed by atoms with Gasteiger partial charge in [-0.25, -0.2) is 0 Å². The Hall–Kier alpha value is -7.42. The summed E-state index contributed by atoms with van der Waals surface area (Å²) in [5.74, 6) is 0. The molecule has 0 saturated heterocycles. The minimum atomic E-state index is 0.910. The van der Waals surface area contributed by atoms with Gasteiger partial charge in [0.15, 0.2) is 0 Å². The monoisotopic (exact) mass is 711 g/mol. The van der Waals surface area contributed by atoms with Crippen molar-refractivity contribution in [2.24, 2.45) is 0 Å². The van der Waals surface area contributed by atoms with Gasteiger partial charge in [0, 0.05) is 33.4 Å². The summed E-state index contributed by atoms with van der Waals surface area (Å²) >= 11 is 0. The number of nitrogens with zero attached hydrogens (tertiary/aromatic N) is 1. The van der Waals surface area contributed by atoms with Crippen molar-refractivity contribution < 1.29 is 4.42 Å². The van der Waals surface area contributed by atoms with Crippen LogP contribution in [-0.2, 0) is 0 Å². The second-order valence-corrected chi connectivity index (χ2v) is 14.9. The van der Waals surface area contributed by atoms with Gasteiger partial charge in [0.2, 0.25) is 0 Å². The summed E-state index contributed by atoms with van der Waals surface area (Å²) in [7, 11) is 0. The average Bonchev–Trinajstić information content (AvgIpc) is 3.81. The Morgan fingerprint density at radius 1 is 0.304 bits per heavy atom. The zero-order valence-corrected chi connectivity index (χ0v) is 30.4. The molecule has 0 bridgehead atoms. The fourth-order valence-electron chi connectivity index (χ4n) is 9.12. The van der Waals surface area contributed by atoms with Gasteiger partial charge in [0.25, 0.3) is 0 Å². The zero-order valence-electron chi connectivity index (χ0n) is 30.4. The molecule has 1 aliphatic carbocycles. The van der Waals surface area contributed by atoms with Gasteiger partial charge in [-0.15, -0.1) is 0 Å². The Labute approximate surface area is 324 Å². The molecule has 1 heterocycles. The third-order valence-electron chi connectivity index (χ3n) is 11.8. The fraction of sp³-hybridized carbons (Fsp3) is 0. The Balaban J connectivity index is 0.981. The largest absolute Gasteiger partial charge is 0.455 e. The first-order valence-corrected chi connectivity index (χ1v) is 19.2. The smallest absolute Gasteiger partial charge is 0.143 e. The summed E-state index contributed by atoms with van der Waals surface area (Å²) < 4.78 is 6.43. The molecule has 0 saturated carbocycles. The van der Waals surface area contributed by atoms with Crippen molar-refractivity contribution in [3.63, 3.8) is 0 Å². The summed E-state index contributed by atoms with van der Waals surface area (Å²) in [5, 5.41) is 9.97. The lowest BCUT2D eigenvalue weighted by molar-refractivity contribution is 0.670. The minimum Gasteiger partial charge on any atom is -0.455 e. The molecule has 0 fully saturated rings. The normalized spacial score (nSPS) is 11.9. The summed E-state index contributed by atoms with van der Waals surface area (Å²) in [4.78, 5) is 2.38. The molecule has 0 unspecified atom stereocenters. The van der Waals surface area contributed by atoms with Crippen LogP contribution < -0.4 is 4.90 Å². The van der Waals surface area contributed by atoms with Crippen LogP contribution in [0.15, 0.2) is 205 Å². The number of anilines is 3. The van der Waals surface area contributed by atoms with Crippen LogP contribution in [0.3, 0.4) is 0 Å². The molecule has 0 radical (unpaired) electrons. The van der Waals surface area contributed by atoms with Gasteiger partial charge >= 0.3 is 0 Å². The van der Waals surface area contributed by atoms with Gasteiger partial charge in [0.1, 0.15) is 11.2 Å². The Kier molecular flexibility index (Phi) is 6.66. The molecule has 11 aromatic rings. The average molecular weight is 712 g/mol. The Bertz CT molecular complexity index is 3350. The van der Waals surface area contributed by atoms with Crippen molar-refractivity contribution in [2.45, 2.75) is 0 Å². The third kappa shape index (κ3) is 4.69. The van der Waals surface area contributed by atoms with Crippen LogP contribution >= 0.6 is 0 Å². The predicted octanol–water partition coefficient (Wildman–Crippen LogP) is 15.5. The summed E-state index contributed by atoms with van der Waals surface area (Å²) in [6, 6.07) is 72.8. The SMILES string of the molecule is c1cc2c3c(cccc3c1)-c1cc(N(c3ccc(-c4ccc5ccc6ccccc6c5c4)cc3)c3ccc(-c4cccc5c4oc4ccccc45)cc3)ccc1-2. The minimum absolute atomic E-state index is 0.910. The lowest BCUT2D eigenvalue weighted by Gasteiger charge is -2.26. The van der Waals surface area contributed by atoms with Crippen LogP contribution in [0.1, 0.15) is 0 Å². The molecule has 2 nitrogen and oxygen atoms in total. The van der Waals surface area contributed by atoms with Crippen LogP contribution in [0.4, 0.5) is 17.1 Å². The van der Waals surface area contributed by atoms with Crippen LogP contribution in [-0.4, -0.2) is 0 Å². The molecular weight excluding hydrogens is 679 g/mol. The molecule has 2 heteroatoms. The molecular formula is C54H33NO. The molecule has 0 amide bonds. The summed E-state index contributed by atoms with van der Waals surface area (Å²) in [5.41, 5.74) is 14.9. The first-order valence-electron chi connectivity index (χ1n) is 19.2. The van der Waals surface area contributed by atoms with Crippen LogP contribution in [0.5, 0.6) is 0 Å². The first-order chi connectivity index (χ1) is 27.7. The van der Waals surface area contributed by atoms with Gasteiger partial charge < -0.3 is 9.32 Å². The number of fused-ring (bicyclic) bond motifs is 9. The lowest BCUT2D eigenvalue weighted by Crippen LogP contribution is -2.10. The molecule has 0 N–H and O–H groups in total. The molecule has 0 aliphatic heterocycles. The molecule has 260 valence electrons. The van der Waals surface area contributed by atoms with Crippen LogP contribution in [0.2, 0.25) is 0 Å². The van der Waals surface area contributed by atoms with E-state index in [1.54, 1.807) is 0 Å². The highest BCUT2D eigenvalue weighted by molar-refractivity contribution is 6.16. The molecule has 1 aromatic heterocycles. The number of hydrogen-bond acceptors (Lipinski definition) is 2. The highest BCUT2D eigenvalue weighted by atomic mass is 16.3. The van der Waals surface area contributed by atoms with E-state index in [0.29, 0.717) is 0 Å². The van der Waals surface area contributed by atoms with Gasteiger partial charge in [-0.05, 0) is 120 Å². The van der Waals surface area contributed by atoms with Crippen molar-refractivity contribution in [1.82, 2.24) is 0 Å². The van der Waals surface area contributed by atoms with E-state index in [4.69, 9.17) is 4.42 Å². The van der Waals surface area contributed by atoms with Gasteiger partial charge in [-0.3, -0.25) is 0 Å². The molecule has 0 atom stereocenters.